The van der Waals surface area contributed by atoms with E-state index in [9.17, 15) is 15.2 Å². The number of hydrogen-bond donors (Lipinski definition) is 2. The molecule has 2 atom stereocenters. The third kappa shape index (κ3) is 7.94. The average molecular weight is 431 g/mol. The fraction of sp³-hybridized carbons (Fsp3) is 0.600. The van der Waals surface area contributed by atoms with Crippen molar-refractivity contribution in [2.45, 2.75) is 50.2 Å². The number of nitrogens with zero attached hydrogens (tertiary/aromatic N) is 1. The lowest BCUT2D eigenvalue weighted by atomic mass is 9.75. The molecule has 0 aliphatic heterocycles. The molecular weight excluding hydrogens is 403 g/mol. The molecule has 0 spiro atoms. The fourth-order valence-electron chi connectivity index (χ4n) is 2.90. The highest BCUT2D eigenvalue weighted by Gasteiger charge is 2.35. The van der Waals surface area contributed by atoms with Crippen LogP contribution in [-0.4, -0.2) is 44.7 Å². The zero-order chi connectivity index (χ0) is 21.0. The molecule has 6 nitrogen and oxygen atoms in total. The van der Waals surface area contributed by atoms with E-state index in [1.807, 2.05) is 7.05 Å². The summed E-state index contributed by atoms with van der Waals surface area (Å²) in [5, 5.41) is 23.5. The van der Waals surface area contributed by atoms with E-state index in [1.165, 1.54) is 7.11 Å². The van der Waals surface area contributed by atoms with Crippen molar-refractivity contribution in [1.82, 2.24) is 5.32 Å². The number of hydrogen-bond acceptors (Lipinski definition) is 6. The van der Waals surface area contributed by atoms with E-state index in [4.69, 9.17) is 32.7 Å². The number of carbonyl (C=O) groups excluding carboxylic acids is 1. The van der Waals surface area contributed by atoms with Crippen LogP contribution in [0, 0.1) is 11.3 Å². The Kier molecular flexibility index (Phi) is 11.4. The fourth-order valence-corrected chi connectivity index (χ4v) is 3.20. The van der Waals surface area contributed by atoms with Crippen molar-refractivity contribution in [3.8, 4) is 6.07 Å². The van der Waals surface area contributed by atoms with Crippen LogP contribution in [-0.2, 0) is 19.7 Å². The molecule has 28 heavy (non-hydrogen) atoms. The number of nitrogens with one attached hydrogen (secondary N) is 1. The number of rotatable bonds is 13. The van der Waals surface area contributed by atoms with Crippen molar-refractivity contribution >= 4 is 29.2 Å². The van der Waals surface area contributed by atoms with Crippen LogP contribution < -0.4 is 5.32 Å². The summed E-state index contributed by atoms with van der Waals surface area (Å²) in [5.41, 5.74) is -0.509. The quantitative estimate of drug-likeness (QED) is 0.280. The molecule has 0 bridgehead atoms. The third-order valence-corrected chi connectivity index (χ3v) is 5.28. The number of ether oxygens (including phenoxy) is 2. The van der Waals surface area contributed by atoms with Gasteiger partial charge in [-0.05, 0) is 63.4 Å². The van der Waals surface area contributed by atoms with E-state index in [2.05, 4.69) is 11.4 Å². The summed E-state index contributed by atoms with van der Waals surface area (Å²) in [7, 11) is 3.17. The maximum Gasteiger partial charge on any atom is 0.307 e. The Morgan fingerprint density at radius 2 is 2.07 bits per heavy atom. The van der Waals surface area contributed by atoms with Crippen molar-refractivity contribution < 1.29 is 19.4 Å². The molecule has 0 fully saturated rings. The maximum absolute atomic E-state index is 11.9. The number of halogens is 2. The van der Waals surface area contributed by atoms with E-state index < -0.39 is 17.7 Å². The molecule has 0 radical (unpaired) electrons. The summed E-state index contributed by atoms with van der Waals surface area (Å²) < 4.78 is 10.2. The van der Waals surface area contributed by atoms with Crippen LogP contribution in [0.3, 0.4) is 0 Å². The van der Waals surface area contributed by atoms with Crippen LogP contribution >= 0.6 is 23.2 Å². The zero-order valence-electron chi connectivity index (χ0n) is 16.3. The lowest BCUT2D eigenvalue weighted by Gasteiger charge is -2.26. The van der Waals surface area contributed by atoms with Crippen LogP contribution in [0.1, 0.15) is 44.1 Å². The van der Waals surface area contributed by atoms with Gasteiger partial charge in [0.25, 0.3) is 0 Å². The number of esters is 1. The molecule has 0 aliphatic carbocycles. The summed E-state index contributed by atoms with van der Waals surface area (Å²) >= 11 is 12.1. The Morgan fingerprint density at radius 1 is 1.32 bits per heavy atom. The first-order valence-electron chi connectivity index (χ1n) is 9.26. The van der Waals surface area contributed by atoms with Gasteiger partial charge in [-0.25, -0.2) is 0 Å². The third-order valence-electron chi connectivity index (χ3n) is 4.55. The molecule has 8 heteroatoms. The normalized spacial score (nSPS) is 14.1. The number of benzene rings is 1. The molecule has 0 saturated carbocycles. The standard InChI is InChI=1S/C20H28Cl2N2O4/c1-24-10-4-3-6-18(25)28-11-5-9-20(14-23,13-19(26)27-2)15-7-8-16(21)17(22)12-15/h7-8,12,18,24-25H,3-6,9-11,13H2,1-2H3. The summed E-state index contributed by atoms with van der Waals surface area (Å²) in [6.07, 6.45) is 2.27. The van der Waals surface area contributed by atoms with Gasteiger partial charge in [0.2, 0.25) is 0 Å². The average Bonchev–Trinajstić information content (AvgIpc) is 2.69. The Morgan fingerprint density at radius 3 is 2.68 bits per heavy atom. The topological polar surface area (TPSA) is 91.6 Å². The second kappa shape index (κ2) is 13.0. The van der Waals surface area contributed by atoms with Crippen molar-refractivity contribution in [1.29, 1.82) is 5.26 Å². The summed E-state index contributed by atoms with van der Waals surface area (Å²) in [5.74, 6) is -0.488. The number of carbonyl (C=O) groups is 1. The first-order chi connectivity index (χ1) is 13.4. The van der Waals surface area contributed by atoms with Crippen molar-refractivity contribution in [2.24, 2.45) is 0 Å². The monoisotopic (exact) mass is 430 g/mol. The second-order valence-corrected chi connectivity index (χ2v) is 7.42. The first-order valence-corrected chi connectivity index (χ1v) is 10.0. The SMILES string of the molecule is CNCCCCC(O)OCCCC(C#N)(CC(=O)OC)c1ccc(Cl)c(Cl)c1. The van der Waals surface area contributed by atoms with Gasteiger partial charge in [0, 0.05) is 6.61 Å². The number of aliphatic hydroxyl groups excluding tert-OH is 1. The van der Waals surface area contributed by atoms with E-state index in [0.29, 0.717) is 34.9 Å². The highest BCUT2D eigenvalue weighted by molar-refractivity contribution is 6.42. The van der Waals surface area contributed by atoms with Gasteiger partial charge in [0.15, 0.2) is 6.29 Å². The molecule has 0 aliphatic rings. The molecule has 0 saturated heterocycles. The molecule has 1 aromatic carbocycles. The van der Waals surface area contributed by atoms with Gasteiger partial charge >= 0.3 is 5.97 Å². The van der Waals surface area contributed by atoms with Crippen LogP contribution in [0.25, 0.3) is 0 Å². The molecule has 2 N–H and O–H groups in total. The van der Waals surface area contributed by atoms with Crippen LogP contribution in [0.2, 0.25) is 10.0 Å². The second-order valence-electron chi connectivity index (χ2n) is 6.60. The molecule has 2 unspecified atom stereocenters. The molecule has 0 amide bonds. The zero-order valence-corrected chi connectivity index (χ0v) is 17.9. The first kappa shape index (κ1) is 24.7. The van der Waals surface area contributed by atoms with Crippen LogP contribution in [0.15, 0.2) is 18.2 Å². The summed E-state index contributed by atoms with van der Waals surface area (Å²) in [6, 6.07) is 7.15. The Hall–Kier alpha value is -1.36. The molecule has 1 rings (SSSR count). The molecule has 0 aromatic heterocycles. The van der Waals surface area contributed by atoms with Crippen molar-refractivity contribution in [3.63, 3.8) is 0 Å². The van der Waals surface area contributed by atoms with E-state index >= 15 is 0 Å². The summed E-state index contributed by atoms with van der Waals surface area (Å²) in [4.78, 5) is 11.9. The Labute approximate surface area is 176 Å². The molecule has 156 valence electrons. The van der Waals surface area contributed by atoms with Gasteiger partial charge in [0.05, 0.1) is 35.1 Å². The minimum Gasteiger partial charge on any atom is -0.469 e. The number of methoxy groups -OCH3 is 1. The molecule has 0 heterocycles. The number of unbranched alkanes of at least 4 members (excludes halogenated alkanes) is 1. The minimum absolute atomic E-state index is 0.107. The van der Waals surface area contributed by atoms with Gasteiger partial charge in [-0.3, -0.25) is 4.79 Å². The summed E-state index contributed by atoms with van der Waals surface area (Å²) in [6.45, 7) is 1.17. The minimum atomic E-state index is -1.11. The van der Waals surface area contributed by atoms with E-state index in [1.54, 1.807) is 18.2 Å². The van der Waals surface area contributed by atoms with Crippen LogP contribution in [0.5, 0.6) is 0 Å². The molecule has 1 aromatic rings. The Bertz CT molecular complexity index is 666. The van der Waals surface area contributed by atoms with Gasteiger partial charge in [-0.2, -0.15) is 5.26 Å². The van der Waals surface area contributed by atoms with Gasteiger partial charge < -0.3 is 19.9 Å². The number of nitriles is 1. The maximum atomic E-state index is 11.9. The van der Waals surface area contributed by atoms with E-state index in [-0.39, 0.29) is 13.0 Å². The largest absolute Gasteiger partial charge is 0.469 e. The van der Waals surface area contributed by atoms with Crippen molar-refractivity contribution in [3.05, 3.63) is 33.8 Å². The highest BCUT2D eigenvalue weighted by atomic mass is 35.5. The lowest BCUT2D eigenvalue weighted by molar-refractivity contribution is -0.141. The van der Waals surface area contributed by atoms with Crippen molar-refractivity contribution in [2.75, 3.05) is 27.3 Å². The Balaban J connectivity index is 2.72. The van der Waals surface area contributed by atoms with E-state index in [0.717, 1.165) is 19.4 Å². The predicted molar refractivity (Wildman–Crippen MR) is 109 cm³/mol. The number of aliphatic hydroxyl groups is 1. The van der Waals surface area contributed by atoms with Gasteiger partial charge in [0.1, 0.15) is 0 Å². The van der Waals surface area contributed by atoms with Gasteiger partial charge in [-0.1, -0.05) is 29.3 Å². The molecular formula is C20H28Cl2N2O4. The van der Waals surface area contributed by atoms with Crippen LogP contribution in [0.4, 0.5) is 0 Å². The highest BCUT2D eigenvalue weighted by Crippen LogP contribution is 2.36. The smallest absolute Gasteiger partial charge is 0.307 e. The lowest BCUT2D eigenvalue weighted by Crippen LogP contribution is -2.29. The predicted octanol–water partition coefficient (Wildman–Crippen LogP) is 3.82. The van der Waals surface area contributed by atoms with Gasteiger partial charge in [-0.15, -0.1) is 0 Å².